The average Bonchev–Trinajstić information content (AvgIpc) is 2.64. The highest BCUT2D eigenvalue weighted by molar-refractivity contribution is 5.53. The first-order valence-electron chi connectivity index (χ1n) is 5.06. The van der Waals surface area contributed by atoms with E-state index >= 15 is 0 Å². The van der Waals surface area contributed by atoms with Gasteiger partial charge in [0.1, 0.15) is 5.75 Å². The molecule has 0 aliphatic carbocycles. The van der Waals surface area contributed by atoms with Crippen molar-refractivity contribution in [2.24, 2.45) is 0 Å². The van der Waals surface area contributed by atoms with E-state index in [0.29, 0.717) is 11.4 Å². The smallest absolute Gasteiger partial charge is 0.122 e. The SMILES string of the molecule is N.Nc1cccc(O)c1CN1CCCC1. The Morgan fingerprint density at radius 3 is 2.53 bits per heavy atom. The van der Waals surface area contributed by atoms with E-state index in [2.05, 4.69) is 4.90 Å². The lowest BCUT2D eigenvalue weighted by molar-refractivity contribution is 0.325. The second-order valence-corrected chi connectivity index (χ2v) is 3.83. The summed E-state index contributed by atoms with van der Waals surface area (Å²) in [6, 6.07) is 5.31. The van der Waals surface area contributed by atoms with Gasteiger partial charge in [-0.05, 0) is 38.1 Å². The van der Waals surface area contributed by atoms with E-state index in [0.717, 1.165) is 25.2 Å². The zero-order valence-corrected chi connectivity index (χ0v) is 8.95. The van der Waals surface area contributed by atoms with Crippen LogP contribution in [0.5, 0.6) is 5.75 Å². The van der Waals surface area contributed by atoms with Crippen LogP contribution in [0.4, 0.5) is 5.69 Å². The van der Waals surface area contributed by atoms with Gasteiger partial charge in [-0.25, -0.2) is 0 Å². The van der Waals surface area contributed by atoms with Crippen LogP contribution in [0.15, 0.2) is 18.2 Å². The van der Waals surface area contributed by atoms with Crippen LogP contribution in [0, 0.1) is 0 Å². The maximum atomic E-state index is 9.65. The number of nitrogen functional groups attached to an aromatic ring is 1. The Bertz CT molecular complexity index is 301. The zero-order chi connectivity index (χ0) is 9.97. The average molecular weight is 209 g/mol. The Morgan fingerprint density at radius 2 is 1.93 bits per heavy atom. The molecular formula is C11H19N3O. The topological polar surface area (TPSA) is 84.5 Å². The maximum Gasteiger partial charge on any atom is 0.122 e. The van der Waals surface area contributed by atoms with Gasteiger partial charge in [-0.1, -0.05) is 6.07 Å². The first kappa shape index (κ1) is 11.8. The number of anilines is 1. The molecule has 84 valence electrons. The van der Waals surface area contributed by atoms with Crippen molar-refractivity contribution in [3.05, 3.63) is 23.8 Å². The van der Waals surface area contributed by atoms with E-state index in [1.807, 2.05) is 6.07 Å². The zero-order valence-electron chi connectivity index (χ0n) is 8.95. The molecule has 0 atom stereocenters. The third-order valence-corrected chi connectivity index (χ3v) is 2.77. The second kappa shape index (κ2) is 5.00. The molecule has 4 nitrogen and oxygen atoms in total. The standard InChI is InChI=1S/C11H16N2O.H3N/c12-10-4-3-5-11(14)9(10)8-13-6-1-2-7-13;/h3-5,14H,1-2,6-8,12H2;1H3. The molecule has 1 fully saturated rings. The number of phenolic OH excluding ortho intramolecular Hbond substituents is 1. The predicted molar refractivity (Wildman–Crippen MR) is 62.1 cm³/mol. The molecule has 1 aromatic carbocycles. The molecule has 1 heterocycles. The van der Waals surface area contributed by atoms with Crippen LogP contribution >= 0.6 is 0 Å². The Morgan fingerprint density at radius 1 is 1.27 bits per heavy atom. The summed E-state index contributed by atoms with van der Waals surface area (Å²) in [7, 11) is 0. The number of rotatable bonds is 2. The molecule has 0 saturated carbocycles. The first-order valence-corrected chi connectivity index (χ1v) is 5.06. The van der Waals surface area contributed by atoms with E-state index in [1.165, 1.54) is 12.8 Å². The highest BCUT2D eigenvalue weighted by atomic mass is 16.3. The minimum absolute atomic E-state index is 0. The fourth-order valence-electron chi connectivity index (χ4n) is 1.93. The van der Waals surface area contributed by atoms with Crippen molar-refractivity contribution in [1.29, 1.82) is 0 Å². The van der Waals surface area contributed by atoms with Crippen molar-refractivity contribution in [2.75, 3.05) is 18.8 Å². The fourth-order valence-corrected chi connectivity index (χ4v) is 1.93. The third kappa shape index (κ3) is 2.61. The number of nitrogens with two attached hydrogens (primary N) is 1. The molecule has 0 radical (unpaired) electrons. The highest BCUT2D eigenvalue weighted by Crippen LogP contribution is 2.25. The van der Waals surface area contributed by atoms with Gasteiger partial charge in [-0.2, -0.15) is 0 Å². The van der Waals surface area contributed by atoms with Crippen LogP contribution in [-0.4, -0.2) is 23.1 Å². The van der Waals surface area contributed by atoms with Gasteiger partial charge in [0.05, 0.1) is 0 Å². The molecule has 1 aliphatic heterocycles. The lowest BCUT2D eigenvalue weighted by Crippen LogP contribution is -2.19. The fraction of sp³-hybridized carbons (Fsp3) is 0.455. The molecule has 6 N–H and O–H groups in total. The quantitative estimate of drug-likeness (QED) is 0.648. The van der Waals surface area contributed by atoms with Crippen LogP contribution in [0.2, 0.25) is 0 Å². The summed E-state index contributed by atoms with van der Waals surface area (Å²) in [5.74, 6) is 0.317. The summed E-state index contributed by atoms with van der Waals surface area (Å²) in [5, 5.41) is 9.65. The van der Waals surface area contributed by atoms with E-state index in [1.54, 1.807) is 12.1 Å². The van der Waals surface area contributed by atoms with E-state index in [9.17, 15) is 5.11 Å². The first-order chi connectivity index (χ1) is 6.77. The van der Waals surface area contributed by atoms with E-state index < -0.39 is 0 Å². The van der Waals surface area contributed by atoms with Crippen LogP contribution in [0.1, 0.15) is 18.4 Å². The normalized spacial score (nSPS) is 16.3. The van der Waals surface area contributed by atoms with E-state index in [-0.39, 0.29) is 6.15 Å². The minimum atomic E-state index is 0. The number of hydrogen-bond donors (Lipinski definition) is 3. The molecule has 4 heteroatoms. The van der Waals surface area contributed by atoms with Gasteiger partial charge in [0.15, 0.2) is 0 Å². The monoisotopic (exact) mass is 209 g/mol. The number of benzene rings is 1. The Balaban J connectivity index is 0.00000112. The van der Waals surface area contributed by atoms with E-state index in [4.69, 9.17) is 5.73 Å². The molecule has 1 aliphatic rings. The van der Waals surface area contributed by atoms with Crippen LogP contribution in [0.3, 0.4) is 0 Å². The lowest BCUT2D eigenvalue weighted by atomic mass is 10.1. The Hall–Kier alpha value is -1.26. The van der Waals surface area contributed by atoms with Crippen LogP contribution in [-0.2, 0) is 6.54 Å². The Labute approximate surface area is 90.3 Å². The third-order valence-electron chi connectivity index (χ3n) is 2.77. The summed E-state index contributed by atoms with van der Waals surface area (Å²) in [6.45, 7) is 3.01. The van der Waals surface area contributed by atoms with Gasteiger partial charge in [0.2, 0.25) is 0 Å². The summed E-state index contributed by atoms with van der Waals surface area (Å²) >= 11 is 0. The predicted octanol–water partition coefficient (Wildman–Crippen LogP) is 1.73. The van der Waals surface area contributed by atoms with Crippen LogP contribution in [0.25, 0.3) is 0 Å². The van der Waals surface area contributed by atoms with Gasteiger partial charge >= 0.3 is 0 Å². The van der Waals surface area contributed by atoms with Gasteiger partial charge in [0, 0.05) is 17.8 Å². The molecule has 0 unspecified atom stereocenters. The molecule has 0 amide bonds. The molecule has 0 aromatic heterocycles. The lowest BCUT2D eigenvalue weighted by Gasteiger charge is -2.16. The second-order valence-electron chi connectivity index (χ2n) is 3.83. The van der Waals surface area contributed by atoms with Gasteiger partial charge < -0.3 is 17.0 Å². The number of likely N-dealkylation sites (tertiary alicyclic amines) is 1. The Kier molecular flexibility index (Phi) is 3.94. The molecule has 15 heavy (non-hydrogen) atoms. The summed E-state index contributed by atoms with van der Waals surface area (Å²) < 4.78 is 0. The van der Waals surface area contributed by atoms with Crippen molar-refractivity contribution < 1.29 is 5.11 Å². The summed E-state index contributed by atoms with van der Waals surface area (Å²) in [6.07, 6.45) is 2.51. The van der Waals surface area contributed by atoms with Gasteiger partial charge in [-0.3, -0.25) is 4.90 Å². The summed E-state index contributed by atoms with van der Waals surface area (Å²) in [4.78, 5) is 2.32. The molecule has 0 spiro atoms. The summed E-state index contributed by atoms with van der Waals surface area (Å²) in [5.41, 5.74) is 7.37. The van der Waals surface area contributed by atoms with Crippen molar-refractivity contribution >= 4 is 5.69 Å². The molecule has 2 rings (SSSR count). The number of aromatic hydroxyl groups is 1. The molecule has 1 saturated heterocycles. The molecule has 1 aromatic rings. The number of phenols is 1. The van der Waals surface area contributed by atoms with Crippen molar-refractivity contribution in [3.8, 4) is 5.75 Å². The van der Waals surface area contributed by atoms with Gasteiger partial charge in [-0.15, -0.1) is 0 Å². The highest BCUT2D eigenvalue weighted by Gasteiger charge is 2.14. The molecule has 0 bridgehead atoms. The number of nitrogens with zero attached hydrogens (tertiary/aromatic N) is 1. The largest absolute Gasteiger partial charge is 0.508 e. The van der Waals surface area contributed by atoms with Crippen molar-refractivity contribution in [1.82, 2.24) is 11.1 Å². The minimum Gasteiger partial charge on any atom is -0.508 e. The maximum absolute atomic E-state index is 9.65. The number of hydrogen-bond acceptors (Lipinski definition) is 4. The molecular weight excluding hydrogens is 190 g/mol. The van der Waals surface area contributed by atoms with Crippen molar-refractivity contribution in [2.45, 2.75) is 19.4 Å². The van der Waals surface area contributed by atoms with Gasteiger partial charge in [0.25, 0.3) is 0 Å². The van der Waals surface area contributed by atoms with Crippen LogP contribution < -0.4 is 11.9 Å². The van der Waals surface area contributed by atoms with Crippen molar-refractivity contribution in [3.63, 3.8) is 0 Å².